The number of nitro groups is 1. The largest absolute Gasteiger partial charge is 0.492 e. The van der Waals surface area contributed by atoms with E-state index in [1.165, 1.54) is 6.07 Å². The third kappa shape index (κ3) is 2.12. The zero-order valence-electron chi connectivity index (χ0n) is 7.06. The van der Waals surface area contributed by atoms with E-state index in [2.05, 4.69) is 12.6 Å². The first-order valence-corrected chi connectivity index (χ1v) is 4.20. The van der Waals surface area contributed by atoms with E-state index < -0.39 is 4.92 Å². The molecule has 0 N–H and O–H groups in total. The minimum atomic E-state index is -0.481. The van der Waals surface area contributed by atoms with Crippen LogP contribution < -0.4 is 4.74 Å². The first-order valence-electron chi connectivity index (χ1n) is 3.76. The van der Waals surface area contributed by atoms with Crippen molar-refractivity contribution in [3.8, 4) is 5.75 Å². The standard InChI is InChI=1S/C8H9NO3S/c1-2-12-7-5-3-4-6(8(7)13)9(10)11/h3-5,13H,2H2,1H3. The number of nitrogens with zero attached hydrogens (tertiary/aromatic N) is 1. The Labute approximate surface area is 81.1 Å². The van der Waals surface area contributed by atoms with Gasteiger partial charge in [-0.05, 0) is 13.0 Å². The van der Waals surface area contributed by atoms with Crippen LogP contribution in [-0.2, 0) is 0 Å². The molecule has 0 heterocycles. The molecule has 0 aromatic heterocycles. The molecule has 0 spiro atoms. The van der Waals surface area contributed by atoms with E-state index >= 15 is 0 Å². The topological polar surface area (TPSA) is 52.4 Å². The Balaban J connectivity index is 3.10. The molecule has 4 nitrogen and oxygen atoms in total. The number of benzene rings is 1. The Kier molecular flexibility index (Phi) is 3.13. The maximum Gasteiger partial charge on any atom is 0.286 e. The molecule has 0 aliphatic rings. The number of thiol groups is 1. The predicted molar refractivity (Wildman–Crippen MR) is 51.5 cm³/mol. The van der Waals surface area contributed by atoms with Crippen LogP contribution in [0.15, 0.2) is 23.1 Å². The van der Waals surface area contributed by atoms with E-state index in [9.17, 15) is 10.1 Å². The third-order valence-corrected chi connectivity index (χ3v) is 1.92. The molecule has 1 rings (SSSR count). The molecule has 0 aliphatic carbocycles. The summed E-state index contributed by atoms with van der Waals surface area (Å²) in [5.74, 6) is 0.444. The lowest BCUT2D eigenvalue weighted by Crippen LogP contribution is -1.95. The molecule has 0 fully saturated rings. The maximum atomic E-state index is 10.5. The molecule has 5 heteroatoms. The van der Waals surface area contributed by atoms with Gasteiger partial charge in [-0.1, -0.05) is 6.07 Å². The Hall–Kier alpha value is -1.23. The van der Waals surface area contributed by atoms with E-state index in [4.69, 9.17) is 4.74 Å². The van der Waals surface area contributed by atoms with Gasteiger partial charge >= 0.3 is 0 Å². The molecule has 70 valence electrons. The highest BCUT2D eigenvalue weighted by Crippen LogP contribution is 2.31. The Morgan fingerprint density at radius 1 is 1.62 bits per heavy atom. The second-order valence-corrected chi connectivity index (χ2v) is 2.76. The average Bonchev–Trinajstić information content (AvgIpc) is 2.08. The van der Waals surface area contributed by atoms with Crippen LogP contribution in [0.1, 0.15) is 6.92 Å². The fraction of sp³-hybridized carbons (Fsp3) is 0.250. The lowest BCUT2D eigenvalue weighted by Gasteiger charge is -2.05. The van der Waals surface area contributed by atoms with Crippen LogP contribution in [0.4, 0.5) is 5.69 Å². The molecular weight excluding hydrogens is 190 g/mol. The summed E-state index contributed by atoms with van der Waals surface area (Å²) in [5.41, 5.74) is -0.0331. The van der Waals surface area contributed by atoms with Crippen LogP contribution in [0.2, 0.25) is 0 Å². The van der Waals surface area contributed by atoms with Gasteiger partial charge in [0.15, 0.2) is 0 Å². The van der Waals surface area contributed by atoms with Crippen molar-refractivity contribution >= 4 is 18.3 Å². The number of hydrogen-bond acceptors (Lipinski definition) is 4. The Bertz CT molecular complexity index is 327. The summed E-state index contributed by atoms with van der Waals surface area (Å²) in [6.45, 7) is 2.28. The van der Waals surface area contributed by atoms with Gasteiger partial charge in [-0.15, -0.1) is 12.6 Å². The molecule has 0 unspecified atom stereocenters. The van der Waals surface area contributed by atoms with Crippen molar-refractivity contribution < 1.29 is 9.66 Å². The zero-order valence-corrected chi connectivity index (χ0v) is 7.95. The van der Waals surface area contributed by atoms with Crippen molar-refractivity contribution in [2.24, 2.45) is 0 Å². The molecule has 1 aromatic carbocycles. The zero-order chi connectivity index (χ0) is 9.84. The third-order valence-electron chi connectivity index (χ3n) is 1.47. The highest BCUT2D eigenvalue weighted by Gasteiger charge is 2.14. The van der Waals surface area contributed by atoms with E-state index in [1.54, 1.807) is 12.1 Å². The quantitative estimate of drug-likeness (QED) is 0.461. The van der Waals surface area contributed by atoms with Gasteiger partial charge in [-0.3, -0.25) is 10.1 Å². The number of nitro benzene ring substituents is 1. The first-order chi connectivity index (χ1) is 6.16. The van der Waals surface area contributed by atoms with Crippen molar-refractivity contribution in [1.82, 2.24) is 0 Å². The van der Waals surface area contributed by atoms with E-state index in [1.807, 2.05) is 6.92 Å². The molecule has 0 radical (unpaired) electrons. The van der Waals surface area contributed by atoms with Crippen LogP contribution in [0.5, 0.6) is 5.75 Å². The highest BCUT2D eigenvalue weighted by molar-refractivity contribution is 7.80. The molecule has 0 aliphatic heterocycles. The molecule has 13 heavy (non-hydrogen) atoms. The van der Waals surface area contributed by atoms with Crippen LogP contribution in [0.3, 0.4) is 0 Å². The lowest BCUT2D eigenvalue weighted by atomic mass is 10.3. The monoisotopic (exact) mass is 199 g/mol. The van der Waals surface area contributed by atoms with Crippen molar-refractivity contribution in [3.63, 3.8) is 0 Å². The van der Waals surface area contributed by atoms with Crippen LogP contribution >= 0.6 is 12.6 Å². The number of ether oxygens (including phenoxy) is 1. The molecule has 0 bridgehead atoms. The highest BCUT2D eigenvalue weighted by atomic mass is 32.1. The van der Waals surface area contributed by atoms with Gasteiger partial charge in [-0.2, -0.15) is 0 Å². The summed E-state index contributed by atoms with van der Waals surface area (Å²) in [6, 6.07) is 4.62. The van der Waals surface area contributed by atoms with Crippen LogP contribution in [0.25, 0.3) is 0 Å². The number of rotatable bonds is 3. The van der Waals surface area contributed by atoms with Gasteiger partial charge in [0.05, 0.1) is 11.5 Å². The van der Waals surface area contributed by atoms with Crippen LogP contribution in [0, 0.1) is 10.1 Å². The van der Waals surface area contributed by atoms with Gasteiger partial charge in [-0.25, -0.2) is 0 Å². The minimum absolute atomic E-state index is 0.0331. The molecule has 0 saturated heterocycles. The fourth-order valence-electron chi connectivity index (χ4n) is 0.930. The molecule has 0 atom stereocenters. The van der Waals surface area contributed by atoms with E-state index in [-0.39, 0.29) is 10.6 Å². The van der Waals surface area contributed by atoms with Crippen molar-refractivity contribution in [2.75, 3.05) is 6.61 Å². The summed E-state index contributed by atoms with van der Waals surface area (Å²) < 4.78 is 5.15. The lowest BCUT2D eigenvalue weighted by molar-refractivity contribution is -0.387. The van der Waals surface area contributed by atoms with Gasteiger partial charge in [0.25, 0.3) is 5.69 Å². The molecule has 0 amide bonds. The van der Waals surface area contributed by atoms with Crippen molar-refractivity contribution in [2.45, 2.75) is 11.8 Å². The van der Waals surface area contributed by atoms with Gasteiger partial charge in [0.2, 0.25) is 0 Å². The fourth-order valence-corrected chi connectivity index (χ4v) is 1.23. The minimum Gasteiger partial charge on any atom is -0.492 e. The SMILES string of the molecule is CCOc1cccc([N+](=O)[O-])c1S. The molecular formula is C8H9NO3S. The summed E-state index contributed by atoms with van der Waals surface area (Å²) in [7, 11) is 0. The second-order valence-electron chi connectivity index (χ2n) is 2.31. The normalized spacial score (nSPS) is 9.69. The summed E-state index contributed by atoms with van der Waals surface area (Å²) in [4.78, 5) is 10.3. The first kappa shape index (κ1) is 9.85. The average molecular weight is 199 g/mol. The van der Waals surface area contributed by atoms with E-state index in [0.29, 0.717) is 12.4 Å². The summed E-state index contributed by atoms with van der Waals surface area (Å²) in [6.07, 6.45) is 0. The second kappa shape index (κ2) is 4.13. The van der Waals surface area contributed by atoms with Crippen molar-refractivity contribution in [1.29, 1.82) is 0 Å². The van der Waals surface area contributed by atoms with Gasteiger partial charge in [0.1, 0.15) is 10.6 Å². The predicted octanol–water partition coefficient (Wildman–Crippen LogP) is 2.28. The maximum absolute atomic E-state index is 10.5. The smallest absolute Gasteiger partial charge is 0.286 e. The summed E-state index contributed by atoms with van der Waals surface area (Å²) in [5, 5.41) is 10.5. The Morgan fingerprint density at radius 3 is 2.85 bits per heavy atom. The van der Waals surface area contributed by atoms with Gasteiger partial charge < -0.3 is 4.74 Å². The van der Waals surface area contributed by atoms with Crippen LogP contribution in [-0.4, -0.2) is 11.5 Å². The van der Waals surface area contributed by atoms with E-state index in [0.717, 1.165) is 0 Å². The molecule has 1 aromatic rings. The summed E-state index contributed by atoms with van der Waals surface area (Å²) >= 11 is 4.02. The Morgan fingerprint density at radius 2 is 2.31 bits per heavy atom. The van der Waals surface area contributed by atoms with Gasteiger partial charge in [0, 0.05) is 6.07 Å². The van der Waals surface area contributed by atoms with Crippen molar-refractivity contribution in [3.05, 3.63) is 28.3 Å². The number of hydrogen-bond donors (Lipinski definition) is 1. The molecule has 0 saturated carbocycles.